The highest BCUT2D eigenvalue weighted by atomic mass is 79.9. The molecule has 0 N–H and O–H groups in total. The van der Waals surface area contributed by atoms with E-state index in [1.54, 1.807) is 19.1 Å². The van der Waals surface area contributed by atoms with E-state index >= 15 is 0 Å². The molecule has 0 radical (unpaired) electrons. The monoisotopic (exact) mass is 359 g/mol. The molecule has 1 heterocycles. The number of halogens is 1. The smallest absolute Gasteiger partial charge is 0.273 e. The zero-order valence-corrected chi connectivity index (χ0v) is 13.1. The molecule has 0 saturated carbocycles. The predicted molar refractivity (Wildman–Crippen MR) is 84.3 cm³/mol. The molecular formula is C15H10BrN3O3. The van der Waals surface area contributed by atoms with Crippen molar-refractivity contribution < 1.29 is 9.34 Å². The van der Waals surface area contributed by atoms with Gasteiger partial charge in [0.2, 0.25) is 11.8 Å². The summed E-state index contributed by atoms with van der Waals surface area (Å²) in [7, 11) is 0. The topological polar surface area (TPSA) is 82.1 Å². The Hall–Kier alpha value is -2.54. The first-order valence-electron chi connectivity index (χ1n) is 6.40. The number of hydrogen-bond acceptors (Lipinski definition) is 5. The van der Waals surface area contributed by atoms with Gasteiger partial charge in [0, 0.05) is 21.7 Å². The first-order valence-corrected chi connectivity index (χ1v) is 7.19. The second-order valence-electron chi connectivity index (χ2n) is 4.65. The van der Waals surface area contributed by atoms with Gasteiger partial charge in [0.15, 0.2) is 0 Å². The van der Waals surface area contributed by atoms with E-state index in [-0.39, 0.29) is 11.6 Å². The molecule has 0 spiro atoms. The molecule has 110 valence electrons. The van der Waals surface area contributed by atoms with Crippen molar-refractivity contribution in [2.45, 2.75) is 6.92 Å². The van der Waals surface area contributed by atoms with Crippen LogP contribution in [0.15, 0.2) is 51.4 Å². The lowest BCUT2D eigenvalue weighted by Gasteiger charge is -1.99. The number of benzene rings is 2. The third kappa shape index (κ3) is 2.62. The summed E-state index contributed by atoms with van der Waals surface area (Å²) in [5, 5.41) is 19.0. The Kier molecular flexibility index (Phi) is 3.72. The predicted octanol–water partition coefficient (Wildman–Crippen LogP) is 4.38. The summed E-state index contributed by atoms with van der Waals surface area (Å²) in [4.78, 5) is 10.6. The highest BCUT2D eigenvalue weighted by Crippen LogP contribution is 2.31. The number of nitro benzene ring substituents is 1. The fraction of sp³-hybridized carbons (Fsp3) is 0.0667. The summed E-state index contributed by atoms with van der Waals surface area (Å²) in [5.74, 6) is 0.597. The van der Waals surface area contributed by atoms with Crippen LogP contribution in [0.1, 0.15) is 5.56 Å². The number of rotatable bonds is 3. The van der Waals surface area contributed by atoms with Crippen molar-refractivity contribution >= 4 is 21.6 Å². The highest BCUT2D eigenvalue weighted by Gasteiger charge is 2.17. The van der Waals surface area contributed by atoms with E-state index in [9.17, 15) is 10.1 Å². The number of aromatic nitrogens is 2. The molecule has 0 fully saturated rings. The standard InChI is InChI=1S/C15H10BrN3O3/c1-9-6-7-10(8-13(9)19(20)21)14-17-18-15(22-14)11-4-2-3-5-12(11)16/h2-8H,1H3. The molecule has 3 rings (SSSR count). The number of aryl methyl sites for hydroxylation is 1. The van der Waals surface area contributed by atoms with Gasteiger partial charge >= 0.3 is 0 Å². The summed E-state index contributed by atoms with van der Waals surface area (Å²) in [6, 6.07) is 12.3. The summed E-state index contributed by atoms with van der Waals surface area (Å²) in [6.45, 7) is 1.68. The van der Waals surface area contributed by atoms with Crippen LogP contribution >= 0.6 is 15.9 Å². The van der Waals surface area contributed by atoms with E-state index in [0.717, 1.165) is 10.0 Å². The molecule has 3 aromatic rings. The normalized spacial score (nSPS) is 10.6. The van der Waals surface area contributed by atoms with Gasteiger partial charge in [0.25, 0.3) is 5.69 Å². The van der Waals surface area contributed by atoms with E-state index < -0.39 is 4.92 Å². The maximum Gasteiger partial charge on any atom is 0.273 e. The molecule has 2 aromatic carbocycles. The fourth-order valence-electron chi connectivity index (χ4n) is 2.02. The van der Waals surface area contributed by atoms with Gasteiger partial charge < -0.3 is 4.42 Å². The lowest BCUT2D eigenvalue weighted by molar-refractivity contribution is -0.385. The quantitative estimate of drug-likeness (QED) is 0.511. The number of hydrogen-bond donors (Lipinski definition) is 0. The van der Waals surface area contributed by atoms with Gasteiger partial charge in [0.1, 0.15) is 0 Å². The first-order chi connectivity index (χ1) is 10.6. The van der Waals surface area contributed by atoms with E-state index in [4.69, 9.17) is 4.42 Å². The third-order valence-corrected chi connectivity index (χ3v) is 3.87. The molecule has 0 bridgehead atoms. The summed E-state index contributed by atoms with van der Waals surface area (Å²) < 4.78 is 6.47. The van der Waals surface area contributed by atoms with Crippen molar-refractivity contribution in [3.63, 3.8) is 0 Å². The van der Waals surface area contributed by atoms with Gasteiger partial charge in [-0.05, 0) is 41.1 Å². The van der Waals surface area contributed by atoms with Crippen molar-refractivity contribution in [1.82, 2.24) is 10.2 Å². The Bertz CT molecular complexity index is 861. The first kappa shape index (κ1) is 14.4. The van der Waals surface area contributed by atoms with Gasteiger partial charge in [-0.1, -0.05) is 18.2 Å². The van der Waals surface area contributed by atoms with E-state index in [1.165, 1.54) is 6.07 Å². The third-order valence-electron chi connectivity index (χ3n) is 3.18. The molecule has 0 aliphatic carbocycles. The fourth-order valence-corrected chi connectivity index (χ4v) is 2.48. The van der Waals surface area contributed by atoms with Gasteiger partial charge in [-0.15, -0.1) is 10.2 Å². The Morgan fingerprint density at radius 2 is 1.86 bits per heavy atom. The van der Waals surface area contributed by atoms with Crippen LogP contribution in [0.3, 0.4) is 0 Å². The van der Waals surface area contributed by atoms with Crippen molar-refractivity contribution in [2.75, 3.05) is 0 Å². The molecule has 0 atom stereocenters. The van der Waals surface area contributed by atoms with Crippen molar-refractivity contribution in [2.24, 2.45) is 0 Å². The zero-order chi connectivity index (χ0) is 15.7. The van der Waals surface area contributed by atoms with Crippen LogP contribution in [0.4, 0.5) is 5.69 Å². The highest BCUT2D eigenvalue weighted by molar-refractivity contribution is 9.10. The molecule has 0 amide bonds. The van der Waals surface area contributed by atoms with Gasteiger partial charge in [-0.2, -0.15) is 0 Å². The minimum atomic E-state index is -0.427. The lowest BCUT2D eigenvalue weighted by atomic mass is 10.1. The van der Waals surface area contributed by atoms with Crippen LogP contribution in [0.2, 0.25) is 0 Å². The lowest BCUT2D eigenvalue weighted by Crippen LogP contribution is -1.92. The molecule has 1 aromatic heterocycles. The van der Waals surface area contributed by atoms with Crippen molar-refractivity contribution in [3.05, 3.63) is 62.6 Å². The van der Waals surface area contributed by atoms with Gasteiger partial charge in [-0.3, -0.25) is 10.1 Å². The second kappa shape index (κ2) is 5.69. The minimum absolute atomic E-state index is 0.0261. The SMILES string of the molecule is Cc1ccc(-c2nnc(-c3ccccc3Br)o2)cc1[N+](=O)[O-]. The molecule has 6 nitrogen and oxygen atoms in total. The maximum atomic E-state index is 11.0. The van der Waals surface area contributed by atoms with Crippen LogP contribution in [-0.2, 0) is 0 Å². The largest absolute Gasteiger partial charge is 0.416 e. The Labute approximate surface area is 134 Å². The molecule has 0 aliphatic heterocycles. The summed E-state index contributed by atoms with van der Waals surface area (Å²) in [6.07, 6.45) is 0. The van der Waals surface area contributed by atoms with E-state index in [2.05, 4.69) is 26.1 Å². The number of nitrogens with zero attached hydrogens (tertiary/aromatic N) is 3. The Morgan fingerprint density at radius 3 is 2.59 bits per heavy atom. The van der Waals surface area contributed by atoms with Gasteiger partial charge in [0.05, 0.1) is 10.5 Å². The van der Waals surface area contributed by atoms with Crippen LogP contribution in [0.25, 0.3) is 22.9 Å². The van der Waals surface area contributed by atoms with Crippen molar-refractivity contribution in [3.8, 4) is 22.9 Å². The molecule has 22 heavy (non-hydrogen) atoms. The van der Waals surface area contributed by atoms with Gasteiger partial charge in [-0.25, -0.2) is 0 Å². The van der Waals surface area contributed by atoms with Crippen LogP contribution < -0.4 is 0 Å². The molecule has 7 heteroatoms. The molecular weight excluding hydrogens is 350 g/mol. The Morgan fingerprint density at radius 1 is 1.14 bits per heavy atom. The van der Waals surface area contributed by atoms with Crippen LogP contribution in [-0.4, -0.2) is 15.1 Å². The average molecular weight is 360 g/mol. The Balaban J connectivity index is 2.03. The van der Waals surface area contributed by atoms with E-state index in [0.29, 0.717) is 17.0 Å². The minimum Gasteiger partial charge on any atom is -0.416 e. The van der Waals surface area contributed by atoms with E-state index in [1.807, 2.05) is 24.3 Å². The molecule has 0 aliphatic rings. The van der Waals surface area contributed by atoms with Crippen LogP contribution in [0, 0.1) is 17.0 Å². The average Bonchev–Trinajstić information content (AvgIpc) is 2.97. The van der Waals surface area contributed by atoms with Crippen molar-refractivity contribution in [1.29, 1.82) is 0 Å². The maximum absolute atomic E-state index is 11.0. The van der Waals surface area contributed by atoms with Crippen LogP contribution in [0.5, 0.6) is 0 Å². The second-order valence-corrected chi connectivity index (χ2v) is 5.50. The molecule has 0 unspecified atom stereocenters. The summed E-state index contributed by atoms with van der Waals surface area (Å²) >= 11 is 3.42. The summed E-state index contributed by atoms with van der Waals surface area (Å²) in [5.41, 5.74) is 1.89. The number of nitro groups is 1. The molecule has 0 saturated heterocycles. The zero-order valence-electron chi connectivity index (χ0n) is 11.5.